The normalized spacial score (nSPS) is 131. The van der Waals surface area contributed by atoms with Gasteiger partial charge in [-0.25, -0.2) is 0 Å². The molecule has 0 aromatic rings. The summed E-state index contributed by atoms with van der Waals surface area (Å²) in [6.07, 6.45) is 1.82. The third-order valence-corrected chi connectivity index (χ3v) is 64.3. The molecule has 0 aliphatic heterocycles. The Bertz CT molecular complexity index is 5070. The first kappa shape index (κ1) is 30.2. The quantitative estimate of drug-likeness (QED) is 0.227. The van der Waals surface area contributed by atoms with Gasteiger partial charge >= 0.3 is 0 Å². The largest absolute Gasteiger partial charge is 0.0616 e. The Morgan fingerprint density at radius 3 is 1.17 bits per heavy atom. The summed E-state index contributed by atoms with van der Waals surface area (Å²) in [6.45, 7) is 51.5. The van der Waals surface area contributed by atoms with Gasteiger partial charge in [-0.2, -0.15) is 0 Å². The Labute approximate surface area is 442 Å². The minimum atomic E-state index is 0.447. The van der Waals surface area contributed by atoms with E-state index in [1.165, 1.54) is 71.0 Å². The van der Waals surface area contributed by atoms with E-state index in [9.17, 15) is 0 Å². The molecule has 0 heteroatoms. The molecule has 44 aliphatic rings. The molecule has 13 unspecified atom stereocenters. The maximum Gasteiger partial charge on any atom is -0.0000822 e. The minimum Gasteiger partial charge on any atom is -0.0616 e. The molecule has 58 atom stereocenters. The molecule has 44 fully saturated rings. The van der Waals surface area contributed by atoms with Gasteiger partial charge in [0.05, 0.1) is 0 Å². The van der Waals surface area contributed by atoms with Gasteiger partial charge in [-0.05, 0) is 334 Å². The molecule has 0 N–H and O–H groups in total. The van der Waals surface area contributed by atoms with Gasteiger partial charge < -0.3 is 0 Å². The smallest absolute Gasteiger partial charge is 0.0000822 e. The molecule has 44 aliphatic carbocycles. The zero-order valence-corrected chi connectivity index (χ0v) is 47.4. The van der Waals surface area contributed by atoms with Gasteiger partial charge in [-0.3, -0.25) is 0 Å². The van der Waals surface area contributed by atoms with Gasteiger partial charge in [0.25, 0.3) is 0 Å². The monoisotopic (exact) mass is 979 g/mol. The van der Waals surface area contributed by atoms with Crippen LogP contribution in [0, 0.1) is 328 Å². The van der Waals surface area contributed by atoms with Crippen LogP contribution in [0.2, 0.25) is 0 Å². The summed E-state index contributed by atoms with van der Waals surface area (Å²) in [5.74, 6) is 19.7. The molecule has 0 amide bonds. The number of fused-ring (bicyclic) bond motifs is 17. The zero-order valence-electron chi connectivity index (χ0n) is 47.4. The summed E-state index contributed by atoms with van der Waals surface area (Å²) >= 11 is 0. The molecule has 0 radical (unpaired) electrons. The highest BCUT2D eigenvalue weighted by Crippen LogP contribution is 3.78. The first-order valence-electron chi connectivity index (χ1n) is 36.1. The maximum atomic E-state index is 3.34. The Hall–Kier alpha value is 0. The number of rotatable bonds is 0. The van der Waals surface area contributed by atoms with Crippen LogP contribution in [-0.4, -0.2) is 0 Å². The van der Waals surface area contributed by atoms with E-state index >= 15 is 0 Å². The highest BCUT2D eigenvalue weighted by atomic mass is 15.8. The molecule has 32 spiro atoms. The summed E-state index contributed by atoms with van der Waals surface area (Å²) in [6, 6.07) is 0. The lowest BCUT2D eigenvalue weighted by Gasteiger charge is -3.73. The molecule has 0 aromatic carbocycles. The minimum absolute atomic E-state index is 0.447. The van der Waals surface area contributed by atoms with Crippen LogP contribution in [0.3, 0.4) is 0 Å². The molecule has 0 bridgehead atoms. The highest BCUT2D eigenvalue weighted by molar-refractivity contribution is 6.25. The van der Waals surface area contributed by atoms with E-state index in [0.29, 0.717) is 65.0 Å². The average Bonchev–Trinajstić information content (AvgIpc) is 0.416. The second kappa shape index (κ2) is 4.36. The number of hydrogen-bond donors (Lipinski definition) is 0. The summed E-state index contributed by atoms with van der Waals surface area (Å²) in [5, 5.41) is 0. The fourth-order valence-electron chi connectivity index (χ4n) is 79.2. The van der Waals surface area contributed by atoms with Gasteiger partial charge in [0.1, 0.15) is 0 Å². The Morgan fingerprint density at radius 2 is 0.566 bits per heavy atom. The van der Waals surface area contributed by atoms with E-state index < -0.39 is 0 Å². The van der Waals surface area contributed by atoms with Crippen molar-refractivity contribution in [1.29, 1.82) is 0 Å². The van der Waals surface area contributed by atoms with Crippen LogP contribution < -0.4 is 0 Å². The predicted molar refractivity (Wildman–Crippen MR) is 257 cm³/mol. The van der Waals surface area contributed by atoms with Crippen molar-refractivity contribution < 1.29 is 0 Å². The second-order valence-electron chi connectivity index (χ2n) is 47.7. The van der Waals surface area contributed by atoms with Crippen molar-refractivity contribution in [3.8, 4) is 0 Å². The lowest BCUT2D eigenvalue weighted by atomic mass is 8.29. The fraction of sp³-hybridized carbons (Fsp3) is 1.00. The number of hydrogen-bond acceptors (Lipinski definition) is 0. The topological polar surface area (TPSA) is 0 Å². The van der Waals surface area contributed by atoms with Crippen molar-refractivity contribution in [2.45, 2.75) is 117 Å². The van der Waals surface area contributed by atoms with E-state index in [0.717, 1.165) is 192 Å². The first-order chi connectivity index (χ1) is 36.1. The van der Waals surface area contributed by atoms with Crippen molar-refractivity contribution in [2.75, 3.05) is 0 Å². The fourth-order valence-corrected chi connectivity index (χ4v) is 79.2. The third-order valence-electron chi connectivity index (χ3n) is 64.3. The van der Waals surface area contributed by atoms with Crippen molar-refractivity contribution in [2.24, 2.45) is 322 Å². The van der Waals surface area contributed by atoms with E-state index in [4.69, 9.17) is 0 Å². The molecule has 76 heavy (non-hydrogen) atoms. The maximum absolute atomic E-state index is 3.34. The van der Waals surface area contributed by atoms with E-state index in [-0.39, 0.29) is 0 Å². The van der Waals surface area contributed by atoms with Gasteiger partial charge in [0.15, 0.2) is 0 Å². The first-order valence-corrected chi connectivity index (χ1v) is 36.1. The summed E-state index contributed by atoms with van der Waals surface area (Å²) < 4.78 is 0. The van der Waals surface area contributed by atoms with E-state index in [2.05, 4.69) is 111 Å². The van der Waals surface area contributed by atoms with Crippen LogP contribution in [0.25, 0.3) is 0 Å². The Kier molecular flexibility index (Phi) is 1.73. The summed E-state index contributed by atoms with van der Waals surface area (Å²) in [5.41, 5.74) is 35.5. The Morgan fingerprint density at radius 1 is 0.224 bits per heavy atom. The Balaban J connectivity index is 0.742. The average molecular weight is 979 g/mol. The summed E-state index contributed by atoms with van der Waals surface area (Å²) in [4.78, 5) is 0. The van der Waals surface area contributed by atoms with Gasteiger partial charge in [0.2, 0.25) is 0 Å². The lowest BCUT2D eigenvalue weighted by molar-refractivity contribution is -1.27. The molecule has 0 nitrogen and oxygen atoms in total. The SMILES string of the molecule is CC1[C@@]2(C)[C@]3(C)C45C67[C@@]89[C@@]%10%11C%12%13C%14%15[C@H]([C@H]%16[C@H]%17[C@H]%18C%19C[C@H]%20[C@H]%21[C@H]%22[C@H]%23[C@@H](C)C%24(C)C%23%25C%22%23C%21%22C%19%20[C@@]%18%19[C@]%17%18C%17%20C%21%26[C@]%23([C@]%22%17%19)[C@@]%25%17[C@]%24(C)[C@@]%19(C)[C@@H](C)[C@@]%22([C@]1([C@@]%128[C@@]%21%22[C@]%20%13[C@@]%16%14%18)[C@]429)[C@]%26%19%17)[C@@H]1[C@@H]2[C@@H]4[C@H](C)[C@@]8(C)[C@@]9(C)[C@@]%12(C)[C@@]%13(C)C(C)(C)[C@@]3(C)[C@]5%13[C@]6%12[C@@]93[C@@]48[C@@]2([C@@]1%15%10)[C@@]7%113. The van der Waals surface area contributed by atoms with Crippen molar-refractivity contribution in [3.05, 3.63) is 5.41 Å². The standard InChI is InChI=1S/C76H66/c1-18-24-28-26-22-17-23-27-30-32-33-31-29-25-19(2)36(8)42(14)44(16)40(12)34(5,6)39(11)43(15)38(10)21(4)47-46-20(3)37(9)41(13)35(18,7)48(24)52(28)50(26)45(22,23)51(27)54(30)56(32)57(33)55(31)53(29)49(25,36)62(42)64(44)60(39,40)63(43)59(38,47)75-67(47)66(46)71(56,72(57,67)73(55,75)69(53,62)76(63,64)75)70(54)65(50,51)68(52)61(41,48)58(37,46)74(66,68)70/h18-33H,17H2,1-16H3/t18-,19+,20-,21?,22+,23?,24-,25+,26+,27-,28-,29+,30-,31+,32-,33+,35?,36+,37-,38+,39-,40-,41+,42+,43+,44-,45?,46-,47+,48?,49+,50?,51-,52?,53+,54-,55+,56-,57?,58-,59+,60-,61+,62+,63?,64-,65-,66+,67-,68+,69+,70?,71-,72?,73+,74?,75-,76?/m1/s1. The molecular formula is C76H66. The van der Waals surface area contributed by atoms with Crippen molar-refractivity contribution in [3.63, 3.8) is 0 Å². The lowest BCUT2D eigenvalue weighted by Crippen LogP contribution is -3.72. The molecule has 0 aromatic heterocycles. The van der Waals surface area contributed by atoms with E-state index in [1.807, 2.05) is 6.42 Å². The van der Waals surface area contributed by atoms with E-state index in [1.54, 1.807) is 0 Å². The zero-order chi connectivity index (χ0) is 47.4. The molecular weight excluding hydrogens is 913 g/mol. The van der Waals surface area contributed by atoms with Crippen LogP contribution in [0.5, 0.6) is 0 Å². The molecule has 0 heterocycles. The highest BCUT2D eigenvalue weighted by Gasteiger charge is 3.77. The van der Waals surface area contributed by atoms with Crippen LogP contribution in [0.4, 0.5) is 0 Å². The predicted octanol–water partition coefficient (Wildman–Crippen LogP) is 10.6. The van der Waals surface area contributed by atoms with Gasteiger partial charge in [-0.15, -0.1) is 0 Å². The van der Waals surface area contributed by atoms with Crippen molar-refractivity contribution >= 4 is 0 Å². The summed E-state index contributed by atoms with van der Waals surface area (Å²) in [7, 11) is 0. The molecule has 44 rings (SSSR count). The van der Waals surface area contributed by atoms with Crippen LogP contribution in [-0.2, 0) is 0 Å². The molecule has 370 valence electrons. The van der Waals surface area contributed by atoms with Gasteiger partial charge in [0, 0.05) is 0 Å². The van der Waals surface area contributed by atoms with Crippen LogP contribution >= 0.6 is 0 Å². The van der Waals surface area contributed by atoms with Gasteiger partial charge in [-0.1, -0.05) is 111 Å². The third kappa shape index (κ3) is 0.618. The van der Waals surface area contributed by atoms with Crippen LogP contribution in [0.1, 0.15) is 117 Å². The van der Waals surface area contributed by atoms with Crippen LogP contribution in [0.15, 0.2) is 0 Å². The molecule has 44 saturated carbocycles. The molecule has 0 saturated heterocycles. The second-order valence-corrected chi connectivity index (χ2v) is 47.7. The van der Waals surface area contributed by atoms with Crippen molar-refractivity contribution in [1.82, 2.24) is 0 Å².